The van der Waals surface area contributed by atoms with Crippen molar-refractivity contribution >= 4 is 24.0 Å². The van der Waals surface area contributed by atoms with Crippen LogP contribution in [0.2, 0.25) is 0 Å². The summed E-state index contributed by atoms with van der Waals surface area (Å²) in [6.45, 7) is 2.82. The molecule has 0 aromatic rings. The van der Waals surface area contributed by atoms with Crippen molar-refractivity contribution in [3.8, 4) is 0 Å². The molecule has 0 spiro atoms. The predicted octanol–water partition coefficient (Wildman–Crippen LogP) is 2.88. The Balaban J connectivity index is 4.08. The molecule has 4 nitrogen and oxygen atoms in total. The second-order valence-electron chi connectivity index (χ2n) is 2.45. The van der Waals surface area contributed by atoms with E-state index >= 15 is 0 Å². The Morgan fingerprint density at radius 2 is 1.71 bits per heavy atom. The van der Waals surface area contributed by atoms with E-state index in [1.165, 1.54) is 0 Å². The highest BCUT2D eigenvalue weighted by Gasteiger charge is 2.25. The predicted molar refractivity (Wildman–Crippen MR) is 58.6 cm³/mol. The van der Waals surface area contributed by atoms with Gasteiger partial charge in [-0.1, -0.05) is 6.92 Å². The van der Waals surface area contributed by atoms with Crippen LogP contribution in [-0.4, -0.2) is 24.7 Å². The summed E-state index contributed by atoms with van der Waals surface area (Å²) in [5.41, 5.74) is 0. The van der Waals surface area contributed by atoms with E-state index in [9.17, 15) is 9.36 Å². The van der Waals surface area contributed by atoms with Gasteiger partial charge >= 0.3 is 6.80 Å². The second-order valence-corrected chi connectivity index (χ2v) is 6.52. The van der Waals surface area contributed by atoms with Gasteiger partial charge in [0.2, 0.25) is 0 Å². The Morgan fingerprint density at radius 1 is 1.21 bits per heavy atom. The van der Waals surface area contributed by atoms with E-state index in [-0.39, 0.29) is 11.5 Å². The van der Waals surface area contributed by atoms with Gasteiger partial charge in [0, 0.05) is 6.42 Å². The number of hydrogen-bond acceptors (Lipinski definition) is 5. The molecular formula is C8H17O4PS. The molecule has 0 heterocycles. The third kappa shape index (κ3) is 5.81. The lowest BCUT2D eigenvalue weighted by Crippen LogP contribution is -2.00. The minimum absolute atomic E-state index is 0.0506. The summed E-state index contributed by atoms with van der Waals surface area (Å²) in [4.78, 5) is 11.0. The molecule has 0 aliphatic heterocycles. The van der Waals surface area contributed by atoms with Crippen LogP contribution >= 0.6 is 18.2 Å². The zero-order valence-corrected chi connectivity index (χ0v) is 10.5. The third-order valence-corrected chi connectivity index (χ3v) is 5.24. The minimum atomic E-state index is -3.09. The van der Waals surface area contributed by atoms with E-state index < -0.39 is 6.80 Å². The fraction of sp³-hybridized carbons (Fsp3) is 0.875. The van der Waals surface area contributed by atoms with Gasteiger partial charge in [0.25, 0.3) is 0 Å². The van der Waals surface area contributed by atoms with Crippen LogP contribution in [0.25, 0.3) is 0 Å². The fourth-order valence-electron chi connectivity index (χ4n) is 0.681. The van der Waals surface area contributed by atoms with E-state index in [2.05, 4.69) is 0 Å². The molecule has 0 bridgehead atoms. The van der Waals surface area contributed by atoms with Gasteiger partial charge in [0.1, 0.15) is 5.78 Å². The summed E-state index contributed by atoms with van der Waals surface area (Å²) in [7, 11) is 0. The molecule has 0 aromatic carbocycles. The summed E-state index contributed by atoms with van der Waals surface area (Å²) < 4.78 is 21.8. The summed E-state index contributed by atoms with van der Waals surface area (Å²) >= 11 is 0.967. The molecule has 84 valence electrons. The normalized spacial score (nSPS) is 11.6. The monoisotopic (exact) mass is 240 g/mol. The van der Waals surface area contributed by atoms with E-state index in [0.717, 1.165) is 11.4 Å². The number of hydrogen-bond donors (Lipinski definition) is 0. The van der Waals surface area contributed by atoms with Gasteiger partial charge in [-0.3, -0.25) is 4.79 Å². The van der Waals surface area contributed by atoms with Crippen LogP contribution in [0.5, 0.6) is 0 Å². The molecule has 0 atom stereocenters. The minimum Gasteiger partial charge on any atom is -0.301 e. The molecule has 0 aliphatic carbocycles. The first kappa shape index (κ1) is 14.2. The molecule has 0 saturated heterocycles. The average Bonchev–Trinajstić information content (AvgIpc) is 2.15. The van der Waals surface area contributed by atoms with Crippen molar-refractivity contribution in [3.63, 3.8) is 0 Å². The molecule has 14 heavy (non-hydrogen) atoms. The van der Waals surface area contributed by atoms with Crippen molar-refractivity contribution < 1.29 is 18.4 Å². The maximum atomic E-state index is 11.8. The zero-order chi connectivity index (χ0) is 11.0. The van der Waals surface area contributed by atoms with Crippen molar-refractivity contribution in [2.75, 3.05) is 19.0 Å². The van der Waals surface area contributed by atoms with Crippen LogP contribution < -0.4 is 0 Å². The largest absolute Gasteiger partial charge is 0.389 e. The Bertz CT molecular complexity index is 209. The zero-order valence-electron chi connectivity index (χ0n) is 8.82. The summed E-state index contributed by atoms with van der Waals surface area (Å²) in [5, 5.41) is 0. The molecular weight excluding hydrogens is 223 g/mol. The van der Waals surface area contributed by atoms with Crippen LogP contribution in [-0.2, 0) is 18.4 Å². The highest BCUT2D eigenvalue weighted by Crippen LogP contribution is 2.60. The Kier molecular flexibility index (Phi) is 7.55. The molecule has 0 amide bonds. The van der Waals surface area contributed by atoms with Crippen LogP contribution in [0.15, 0.2) is 0 Å². The van der Waals surface area contributed by atoms with E-state index in [1.807, 2.05) is 0 Å². The molecule has 0 unspecified atom stereocenters. The summed E-state index contributed by atoms with van der Waals surface area (Å²) in [6, 6.07) is 0. The molecule has 0 rings (SSSR count). The number of carbonyl (C=O) groups is 1. The summed E-state index contributed by atoms with van der Waals surface area (Å²) in [5.74, 6) is 0.239. The number of carbonyl (C=O) groups excluding carboxylic acids is 1. The quantitative estimate of drug-likeness (QED) is 0.610. The lowest BCUT2D eigenvalue weighted by atomic mass is 10.4. The van der Waals surface area contributed by atoms with Gasteiger partial charge < -0.3 is 9.05 Å². The average molecular weight is 240 g/mol. The first-order valence-electron chi connectivity index (χ1n) is 4.63. The summed E-state index contributed by atoms with van der Waals surface area (Å²) in [6.07, 6.45) is 0.450. The Morgan fingerprint density at radius 3 is 2.07 bits per heavy atom. The van der Waals surface area contributed by atoms with Gasteiger partial charge in [-0.05, 0) is 25.2 Å². The van der Waals surface area contributed by atoms with Crippen molar-refractivity contribution in [1.82, 2.24) is 0 Å². The molecule has 0 radical (unpaired) electrons. The Labute approximate surface area is 89.0 Å². The Hall–Kier alpha value is 0.170. The standard InChI is InChI=1S/C8H17O4PS/c1-4-8(9)7-14-13(10,11-5-2)12-6-3/h4-7H2,1-3H3. The first-order valence-corrected chi connectivity index (χ1v) is 7.76. The molecule has 0 aromatic heterocycles. The maximum Gasteiger partial charge on any atom is 0.389 e. The van der Waals surface area contributed by atoms with Gasteiger partial charge in [0.15, 0.2) is 0 Å². The van der Waals surface area contributed by atoms with Crippen LogP contribution in [0, 0.1) is 0 Å². The first-order chi connectivity index (χ1) is 6.58. The molecule has 0 saturated carbocycles. The molecule has 0 fully saturated rings. The number of ketones is 1. The lowest BCUT2D eigenvalue weighted by Gasteiger charge is -2.14. The van der Waals surface area contributed by atoms with Gasteiger partial charge in [-0.25, -0.2) is 4.57 Å². The van der Waals surface area contributed by atoms with Crippen LogP contribution in [0.4, 0.5) is 0 Å². The van der Waals surface area contributed by atoms with E-state index in [1.54, 1.807) is 20.8 Å². The highest BCUT2D eigenvalue weighted by molar-refractivity contribution is 8.55. The van der Waals surface area contributed by atoms with Gasteiger partial charge in [0.05, 0.1) is 19.0 Å². The van der Waals surface area contributed by atoms with Gasteiger partial charge in [-0.2, -0.15) is 0 Å². The van der Waals surface area contributed by atoms with E-state index in [0.29, 0.717) is 19.6 Å². The van der Waals surface area contributed by atoms with Crippen molar-refractivity contribution in [2.45, 2.75) is 27.2 Å². The molecule has 0 aliphatic rings. The maximum absolute atomic E-state index is 11.8. The topological polar surface area (TPSA) is 52.6 Å². The smallest absolute Gasteiger partial charge is 0.301 e. The number of rotatable bonds is 8. The van der Waals surface area contributed by atoms with E-state index in [4.69, 9.17) is 9.05 Å². The SMILES string of the molecule is CCOP(=O)(OCC)SCC(=O)CC. The third-order valence-electron chi connectivity index (χ3n) is 1.35. The van der Waals surface area contributed by atoms with Gasteiger partial charge in [-0.15, -0.1) is 0 Å². The highest BCUT2D eigenvalue weighted by atomic mass is 32.7. The fourth-order valence-corrected chi connectivity index (χ4v) is 4.03. The van der Waals surface area contributed by atoms with Crippen LogP contribution in [0.3, 0.4) is 0 Å². The lowest BCUT2D eigenvalue weighted by molar-refractivity contribution is -0.116. The molecule has 6 heteroatoms. The van der Waals surface area contributed by atoms with Crippen molar-refractivity contribution in [3.05, 3.63) is 0 Å². The van der Waals surface area contributed by atoms with Crippen LogP contribution in [0.1, 0.15) is 27.2 Å². The second kappa shape index (κ2) is 7.46. The molecule has 0 N–H and O–H groups in total. The van der Waals surface area contributed by atoms with Crippen molar-refractivity contribution in [2.24, 2.45) is 0 Å². The number of Topliss-reactive ketones (excluding diaryl/α,β-unsaturated/α-hetero) is 1. The van der Waals surface area contributed by atoms with Crippen molar-refractivity contribution in [1.29, 1.82) is 0 Å².